The van der Waals surface area contributed by atoms with Crippen molar-refractivity contribution in [3.8, 4) is 39.8 Å². The minimum absolute atomic E-state index is 0.139. The first kappa shape index (κ1) is 20.2. The van der Waals surface area contributed by atoms with Crippen LogP contribution in [0.3, 0.4) is 0 Å². The van der Waals surface area contributed by atoms with Gasteiger partial charge < -0.3 is 24.8 Å². The summed E-state index contributed by atoms with van der Waals surface area (Å²) < 4.78 is 11.2. The summed E-state index contributed by atoms with van der Waals surface area (Å²) in [6.45, 7) is 1.46. The Morgan fingerprint density at radius 1 is 1.06 bits per heavy atom. The summed E-state index contributed by atoms with van der Waals surface area (Å²) in [5.74, 6) is 2.22. The van der Waals surface area contributed by atoms with Crippen molar-refractivity contribution in [2.75, 3.05) is 25.2 Å². The summed E-state index contributed by atoms with van der Waals surface area (Å²) in [5, 5.41) is 23.5. The molecule has 0 unspecified atom stereocenters. The largest absolute Gasteiger partial charge is 0.507 e. The molecular formula is C25H27N5O3. The molecule has 3 aliphatic rings. The van der Waals surface area contributed by atoms with E-state index in [4.69, 9.17) is 9.47 Å². The second-order valence-corrected chi connectivity index (χ2v) is 9.04. The Morgan fingerprint density at radius 2 is 1.88 bits per heavy atom. The lowest BCUT2D eigenvalue weighted by Crippen LogP contribution is -2.50. The Hall–Kier alpha value is -3.39. The first-order valence-corrected chi connectivity index (χ1v) is 11.5. The number of hydrogen-bond donors (Lipinski definition) is 2. The van der Waals surface area contributed by atoms with E-state index in [1.807, 2.05) is 30.3 Å². The molecule has 0 saturated carbocycles. The van der Waals surface area contributed by atoms with Crippen LogP contribution in [0.25, 0.3) is 22.4 Å². The van der Waals surface area contributed by atoms with Crippen LogP contribution in [0.4, 0.5) is 5.82 Å². The van der Waals surface area contributed by atoms with Gasteiger partial charge in [0.2, 0.25) is 5.88 Å². The van der Waals surface area contributed by atoms with Crippen molar-refractivity contribution < 1.29 is 14.6 Å². The fraction of sp³-hybridized carbons (Fsp3) is 0.400. The molecule has 2 fully saturated rings. The molecule has 170 valence electrons. The number of anilines is 1. The van der Waals surface area contributed by atoms with Crippen LogP contribution in [0, 0.1) is 0 Å². The average molecular weight is 446 g/mol. The second-order valence-electron chi connectivity index (χ2n) is 9.04. The van der Waals surface area contributed by atoms with Gasteiger partial charge in [-0.2, -0.15) is 0 Å². The Kier molecular flexibility index (Phi) is 5.02. The van der Waals surface area contributed by atoms with E-state index in [0.29, 0.717) is 41.9 Å². The number of ether oxygens (including phenoxy) is 2. The highest BCUT2D eigenvalue weighted by Gasteiger charge is 2.38. The molecule has 5 heterocycles. The number of aromatic hydroxyl groups is 1. The molecule has 3 aromatic rings. The standard InChI is InChI=1S/C25H27N5O3/c1-32-24-11-16(6-7-26-24)15-2-5-20(22(31)10-15)21-14-23-25(29-28-21)30(8-9-33-23)19-12-17-3-4-18(13-19)27-17/h2,5-7,10-11,14,17-19,27,31H,3-4,8-9,12-13H2,1H3/t17-,18+,19-. The van der Waals surface area contributed by atoms with Crippen LogP contribution in [0.15, 0.2) is 42.6 Å². The lowest BCUT2D eigenvalue weighted by Gasteiger charge is -2.40. The number of methoxy groups -OCH3 is 1. The molecule has 0 radical (unpaired) electrons. The van der Waals surface area contributed by atoms with Gasteiger partial charge in [0.15, 0.2) is 11.6 Å². The highest BCUT2D eigenvalue weighted by molar-refractivity contribution is 5.75. The number of piperidine rings is 1. The number of phenols is 1. The summed E-state index contributed by atoms with van der Waals surface area (Å²) in [5.41, 5.74) is 2.99. The van der Waals surface area contributed by atoms with E-state index in [9.17, 15) is 5.11 Å². The molecule has 33 heavy (non-hydrogen) atoms. The lowest BCUT2D eigenvalue weighted by molar-refractivity contribution is 0.274. The molecule has 2 bridgehead atoms. The average Bonchev–Trinajstić information content (AvgIpc) is 3.20. The van der Waals surface area contributed by atoms with Crippen molar-refractivity contribution in [1.29, 1.82) is 0 Å². The monoisotopic (exact) mass is 445 g/mol. The summed E-state index contributed by atoms with van der Waals surface area (Å²) in [6.07, 6.45) is 6.50. The molecular weight excluding hydrogens is 418 g/mol. The van der Waals surface area contributed by atoms with Gasteiger partial charge in [-0.15, -0.1) is 10.2 Å². The van der Waals surface area contributed by atoms with E-state index in [1.165, 1.54) is 12.8 Å². The summed E-state index contributed by atoms with van der Waals surface area (Å²) in [6, 6.07) is 12.8. The smallest absolute Gasteiger partial charge is 0.213 e. The lowest BCUT2D eigenvalue weighted by atomic mass is 9.97. The number of aromatic nitrogens is 3. The number of fused-ring (bicyclic) bond motifs is 3. The maximum absolute atomic E-state index is 10.8. The minimum Gasteiger partial charge on any atom is -0.507 e. The van der Waals surface area contributed by atoms with Gasteiger partial charge in [-0.3, -0.25) is 0 Å². The van der Waals surface area contributed by atoms with Crippen LogP contribution in [0.5, 0.6) is 17.4 Å². The van der Waals surface area contributed by atoms with E-state index in [-0.39, 0.29) is 5.75 Å². The molecule has 1 aromatic carbocycles. The van der Waals surface area contributed by atoms with Crippen molar-refractivity contribution in [2.45, 2.75) is 43.8 Å². The van der Waals surface area contributed by atoms with E-state index in [2.05, 4.69) is 25.4 Å². The first-order valence-electron chi connectivity index (χ1n) is 11.5. The van der Waals surface area contributed by atoms with Crippen molar-refractivity contribution in [2.24, 2.45) is 0 Å². The quantitative estimate of drug-likeness (QED) is 0.631. The number of benzene rings is 1. The van der Waals surface area contributed by atoms with Crippen molar-refractivity contribution in [3.05, 3.63) is 42.6 Å². The molecule has 8 heteroatoms. The predicted octanol–water partition coefficient (Wildman–Crippen LogP) is 3.40. The van der Waals surface area contributed by atoms with Gasteiger partial charge in [0, 0.05) is 42.0 Å². The van der Waals surface area contributed by atoms with Gasteiger partial charge in [0.05, 0.1) is 13.7 Å². The zero-order chi connectivity index (χ0) is 22.4. The van der Waals surface area contributed by atoms with Gasteiger partial charge in [-0.25, -0.2) is 4.98 Å². The van der Waals surface area contributed by atoms with Gasteiger partial charge >= 0.3 is 0 Å². The van der Waals surface area contributed by atoms with E-state index in [1.54, 1.807) is 19.4 Å². The third-order valence-electron chi connectivity index (χ3n) is 7.04. The van der Waals surface area contributed by atoms with Crippen LogP contribution < -0.4 is 19.7 Å². The Morgan fingerprint density at radius 3 is 2.67 bits per heavy atom. The number of nitrogens with zero attached hydrogens (tertiary/aromatic N) is 4. The van der Waals surface area contributed by atoms with Gasteiger partial charge in [0.1, 0.15) is 18.1 Å². The number of hydrogen-bond acceptors (Lipinski definition) is 8. The van der Waals surface area contributed by atoms with Crippen molar-refractivity contribution >= 4 is 5.82 Å². The Bertz CT molecular complexity index is 1170. The number of phenolic OH excluding ortho intramolecular Hbond substituents is 1. The zero-order valence-corrected chi connectivity index (χ0v) is 18.6. The van der Waals surface area contributed by atoms with Crippen LogP contribution >= 0.6 is 0 Å². The molecule has 2 saturated heterocycles. The predicted molar refractivity (Wildman–Crippen MR) is 125 cm³/mol. The van der Waals surface area contributed by atoms with Crippen LogP contribution in [-0.2, 0) is 0 Å². The van der Waals surface area contributed by atoms with Crippen LogP contribution in [0.1, 0.15) is 25.7 Å². The number of pyridine rings is 1. The van der Waals surface area contributed by atoms with Crippen molar-refractivity contribution in [1.82, 2.24) is 20.5 Å². The summed E-state index contributed by atoms with van der Waals surface area (Å²) >= 11 is 0. The third-order valence-corrected chi connectivity index (χ3v) is 7.04. The Labute approximate surface area is 192 Å². The maximum Gasteiger partial charge on any atom is 0.213 e. The second kappa shape index (κ2) is 8.19. The van der Waals surface area contributed by atoms with E-state index < -0.39 is 0 Å². The molecule has 0 spiro atoms. The fourth-order valence-corrected chi connectivity index (χ4v) is 5.43. The molecule has 2 aromatic heterocycles. The maximum atomic E-state index is 10.8. The third kappa shape index (κ3) is 3.74. The summed E-state index contributed by atoms with van der Waals surface area (Å²) in [4.78, 5) is 6.52. The van der Waals surface area contributed by atoms with Gasteiger partial charge in [0.25, 0.3) is 0 Å². The minimum atomic E-state index is 0.139. The topological polar surface area (TPSA) is 92.6 Å². The number of rotatable bonds is 4. The van der Waals surface area contributed by atoms with Crippen molar-refractivity contribution in [3.63, 3.8) is 0 Å². The van der Waals surface area contributed by atoms with E-state index >= 15 is 0 Å². The highest BCUT2D eigenvalue weighted by Crippen LogP contribution is 2.39. The molecule has 0 amide bonds. The molecule has 6 rings (SSSR count). The van der Waals surface area contributed by atoms with Crippen LogP contribution in [0.2, 0.25) is 0 Å². The highest BCUT2D eigenvalue weighted by atomic mass is 16.5. The number of nitrogens with one attached hydrogen (secondary N) is 1. The Balaban J connectivity index is 1.28. The first-order chi connectivity index (χ1) is 16.2. The van der Waals surface area contributed by atoms with E-state index in [0.717, 1.165) is 42.1 Å². The fourth-order valence-electron chi connectivity index (χ4n) is 5.43. The SMILES string of the molecule is COc1cc(-c2ccc(-c3cc4c(nn3)N([C@@H]3C[C@H]5CC[C@@H](C3)N5)CCO4)c(O)c2)ccn1. The summed E-state index contributed by atoms with van der Waals surface area (Å²) in [7, 11) is 1.58. The molecule has 8 nitrogen and oxygen atoms in total. The molecule has 3 atom stereocenters. The van der Waals surface area contributed by atoms with Gasteiger partial charge in [-0.1, -0.05) is 6.07 Å². The van der Waals surface area contributed by atoms with Gasteiger partial charge in [-0.05, 0) is 55.0 Å². The molecule has 2 N–H and O–H groups in total. The van der Waals surface area contributed by atoms with Crippen LogP contribution in [-0.4, -0.2) is 58.7 Å². The zero-order valence-electron chi connectivity index (χ0n) is 18.6. The molecule has 0 aliphatic carbocycles. The normalized spacial score (nSPS) is 23.7. The molecule has 3 aliphatic heterocycles.